The fourth-order valence-electron chi connectivity index (χ4n) is 2.08. The largest absolute Gasteiger partial charge is 0.394 e. The SMILES string of the molecule is C[C@@H](C[C@@H](CO)N(C)C(=O)c1ccc([N+](=O)[O-])cc1)C(=O)NO. The van der Waals surface area contributed by atoms with Crippen LogP contribution in [0, 0.1) is 16.0 Å². The Balaban J connectivity index is 2.83. The minimum atomic E-state index is -0.634. The van der Waals surface area contributed by atoms with Gasteiger partial charge < -0.3 is 10.0 Å². The molecule has 0 radical (unpaired) electrons. The van der Waals surface area contributed by atoms with Crippen LogP contribution >= 0.6 is 0 Å². The summed E-state index contributed by atoms with van der Waals surface area (Å²) in [5, 5.41) is 28.6. The van der Waals surface area contributed by atoms with Gasteiger partial charge in [-0.1, -0.05) is 6.92 Å². The van der Waals surface area contributed by atoms with Crippen LogP contribution in [0.2, 0.25) is 0 Å². The number of aliphatic hydroxyl groups excluding tert-OH is 1. The van der Waals surface area contributed by atoms with Crippen molar-refractivity contribution in [2.75, 3.05) is 13.7 Å². The number of likely N-dealkylation sites (N-methyl/N-ethyl adjacent to an activating group) is 1. The van der Waals surface area contributed by atoms with Gasteiger partial charge in [-0.05, 0) is 18.6 Å². The van der Waals surface area contributed by atoms with Crippen molar-refractivity contribution in [2.45, 2.75) is 19.4 Å². The maximum atomic E-state index is 12.3. The zero-order chi connectivity index (χ0) is 17.6. The number of nitrogens with zero attached hydrogens (tertiary/aromatic N) is 2. The Hall–Kier alpha value is -2.52. The molecule has 2 amide bonds. The number of aliphatic hydroxyl groups is 1. The zero-order valence-electron chi connectivity index (χ0n) is 12.8. The van der Waals surface area contributed by atoms with Crippen molar-refractivity contribution in [3.63, 3.8) is 0 Å². The summed E-state index contributed by atoms with van der Waals surface area (Å²) < 4.78 is 0. The Morgan fingerprint density at radius 2 is 1.91 bits per heavy atom. The van der Waals surface area contributed by atoms with Crippen LogP contribution in [0.1, 0.15) is 23.7 Å². The van der Waals surface area contributed by atoms with E-state index in [2.05, 4.69) is 0 Å². The molecule has 0 heterocycles. The van der Waals surface area contributed by atoms with E-state index in [1.807, 2.05) is 0 Å². The minimum absolute atomic E-state index is 0.129. The van der Waals surface area contributed by atoms with Crippen LogP contribution in [0.3, 0.4) is 0 Å². The Morgan fingerprint density at radius 3 is 2.35 bits per heavy atom. The van der Waals surface area contributed by atoms with Crippen LogP contribution in [0.5, 0.6) is 0 Å². The standard InChI is InChI=1S/C14H19N3O6/c1-9(13(19)15-21)7-12(8-18)16(2)14(20)10-3-5-11(6-4-10)17(22)23/h3-6,9,12,18,21H,7-8H2,1-2H3,(H,15,19)/t9-,12-/m0/s1. The van der Waals surface area contributed by atoms with Gasteiger partial charge in [-0.3, -0.25) is 24.9 Å². The molecule has 9 heteroatoms. The second kappa shape index (κ2) is 8.20. The summed E-state index contributed by atoms with van der Waals surface area (Å²) in [4.78, 5) is 35.0. The Labute approximate surface area is 132 Å². The molecule has 1 aromatic rings. The van der Waals surface area contributed by atoms with Gasteiger partial charge in [0.2, 0.25) is 5.91 Å². The fraction of sp³-hybridized carbons (Fsp3) is 0.429. The number of nitrogens with one attached hydrogen (secondary N) is 1. The van der Waals surface area contributed by atoms with Crippen molar-refractivity contribution in [2.24, 2.45) is 5.92 Å². The minimum Gasteiger partial charge on any atom is -0.394 e. The molecule has 0 unspecified atom stereocenters. The number of nitro benzene ring substituents is 1. The van der Waals surface area contributed by atoms with Crippen LogP contribution in [0.15, 0.2) is 24.3 Å². The van der Waals surface area contributed by atoms with Gasteiger partial charge in [0.05, 0.1) is 17.6 Å². The third kappa shape index (κ3) is 4.73. The lowest BCUT2D eigenvalue weighted by atomic mass is 10.00. The second-order valence-corrected chi connectivity index (χ2v) is 5.17. The van der Waals surface area contributed by atoms with Gasteiger partial charge in [-0.2, -0.15) is 0 Å². The van der Waals surface area contributed by atoms with E-state index in [-0.39, 0.29) is 24.3 Å². The van der Waals surface area contributed by atoms with E-state index in [0.717, 1.165) is 0 Å². The third-order valence-electron chi connectivity index (χ3n) is 3.59. The first-order chi connectivity index (χ1) is 10.8. The quantitative estimate of drug-likeness (QED) is 0.381. The van der Waals surface area contributed by atoms with Gasteiger partial charge in [-0.25, -0.2) is 5.48 Å². The molecule has 0 aliphatic rings. The molecule has 23 heavy (non-hydrogen) atoms. The van der Waals surface area contributed by atoms with Crippen molar-refractivity contribution >= 4 is 17.5 Å². The number of carbonyl (C=O) groups excluding carboxylic acids is 2. The predicted molar refractivity (Wildman–Crippen MR) is 79.8 cm³/mol. The van der Waals surface area contributed by atoms with E-state index in [1.54, 1.807) is 6.92 Å². The van der Waals surface area contributed by atoms with Crippen LogP contribution in [-0.2, 0) is 4.79 Å². The molecule has 0 aliphatic heterocycles. The third-order valence-corrected chi connectivity index (χ3v) is 3.59. The molecule has 3 N–H and O–H groups in total. The van der Waals surface area contributed by atoms with Crippen molar-refractivity contribution in [3.05, 3.63) is 39.9 Å². The topological polar surface area (TPSA) is 133 Å². The zero-order valence-corrected chi connectivity index (χ0v) is 12.8. The molecule has 9 nitrogen and oxygen atoms in total. The van der Waals surface area contributed by atoms with Crippen molar-refractivity contribution < 1.29 is 24.8 Å². The maximum absolute atomic E-state index is 12.3. The van der Waals surface area contributed by atoms with Gasteiger partial charge >= 0.3 is 0 Å². The van der Waals surface area contributed by atoms with Crippen LogP contribution in [0.4, 0.5) is 5.69 Å². The second-order valence-electron chi connectivity index (χ2n) is 5.17. The van der Waals surface area contributed by atoms with Crippen molar-refractivity contribution in [3.8, 4) is 0 Å². The number of non-ortho nitro benzene ring substituents is 1. The molecular weight excluding hydrogens is 306 g/mol. The molecule has 0 fully saturated rings. The van der Waals surface area contributed by atoms with Crippen LogP contribution < -0.4 is 5.48 Å². The molecule has 0 bridgehead atoms. The summed E-state index contributed by atoms with van der Waals surface area (Å²) in [6, 6.07) is 4.46. The first-order valence-electron chi connectivity index (χ1n) is 6.88. The smallest absolute Gasteiger partial charge is 0.269 e. The highest BCUT2D eigenvalue weighted by Gasteiger charge is 2.25. The van der Waals surface area contributed by atoms with E-state index in [1.165, 1.54) is 41.7 Å². The molecular formula is C14H19N3O6. The summed E-state index contributed by atoms with van der Waals surface area (Å²) in [5.41, 5.74) is 1.63. The Bertz CT molecular complexity index is 574. The van der Waals surface area contributed by atoms with Gasteiger partial charge in [0.1, 0.15) is 0 Å². The lowest BCUT2D eigenvalue weighted by Gasteiger charge is -2.28. The molecule has 0 saturated heterocycles. The van der Waals surface area contributed by atoms with E-state index < -0.39 is 28.7 Å². The summed E-state index contributed by atoms with van der Waals surface area (Å²) >= 11 is 0. The lowest BCUT2D eigenvalue weighted by Crippen LogP contribution is -2.42. The normalized spacial score (nSPS) is 13.0. The average molecular weight is 325 g/mol. The van der Waals surface area contributed by atoms with E-state index >= 15 is 0 Å². The molecule has 1 aromatic carbocycles. The van der Waals surface area contributed by atoms with Crippen LogP contribution in [-0.4, -0.2) is 51.6 Å². The maximum Gasteiger partial charge on any atom is 0.269 e. The van der Waals surface area contributed by atoms with Gasteiger partial charge in [0.15, 0.2) is 0 Å². The number of amides is 2. The van der Waals surface area contributed by atoms with E-state index in [0.29, 0.717) is 0 Å². The summed E-state index contributed by atoms with van der Waals surface area (Å²) in [6.45, 7) is 1.19. The molecule has 0 aliphatic carbocycles. The highest BCUT2D eigenvalue weighted by atomic mass is 16.6. The highest BCUT2D eigenvalue weighted by molar-refractivity contribution is 5.94. The summed E-state index contributed by atoms with van der Waals surface area (Å²) in [7, 11) is 1.47. The molecule has 0 saturated carbocycles. The molecule has 1 rings (SSSR count). The summed E-state index contributed by atoms with van der Waals surface area (Å²) in [5.74, 6) is -1.65. The van der Waals surface area contributed by atoms with Crippen molar-refractivity contribution in [1.29, 1.82) is 0 Å². The molecule has 0 spiro atoms. The predicted octanol–water partition coefficient (Wildman–Crippen LogP) is 0.559. The highest BCUT2D eigenvalue weighted by Crippen LogP contribution is 2.16. The van der Waals surface area contributed by atoms with E-state index in [4.69, 9.17) is 5.21 Å². The Kier molecular flexibility index (Phi) is 6.61. The van der Waals surface area contributed by atoms with Crippen molar-refractivity contribution in [1.82, 2.24) is 10.4 Å². The number of nitro groups is 1. The first-order valence-corrected chi connectivity index (χ1v) is 6.88. The average Bonchev–Trinajstić information content (AvgIpc) is 2.57. The number of rotatable bonds is 7. The number of benzene rings is 1. The fourth-order valence-corrected chi connectivity index (χ4v) is 2.08. The van der Waals surface area contributed by atoms with Gasteiger partial charge in [0.25, 0.3) is 11.6 Å². The number of carbonyl (C=O) groups is 2. The first kappa shape index (κ1) is 18.5. The Morgan fingerprint density at radius 1 is 1.35 bits per heavy atom. The molecule has 0 aromatic heterocycles. The van der Waals surface area contributed by atoms with Crippen LogP contribution in [0.25, 0.3) is 0 Å². The van der Waals surface area contributed by atoms with Gasteiger partial charge in [0, 0.05) is 30.7 Å². The summed E-state index contributed by atoms with van der Waals surface area (Å²) in [6.07, 6.45) is 0.151. The van der Waals surface area contributed by atoms with E-state index in [9.17, 15) is 24.8 Å². The van der Waals surface area contributed by atoms with Gasteiger partial charge in [-0.15, -0.1) is 0 Å². The number of hydroxylamine groups is 1. The lowest BCUT2D eigenvalue weighted by molar-refractivity contribution is -0.384. The number of hydrogen-bond donors (Lipinski definition) is 3. The molecule has 2 atom stereocenters. The number of hydrogen-bond acceptors (Lipinski definition) is 6. The molecule has 126 valence electrons. The monoisotopic (exact) mass is 325 g/mol.